The zero-order valence-electron chi connectivity index (χ0n) is 5.70. The highest BCUT2D eigenvalue weighted by atomic mass is 32.1. The van der Waals surface area contributed by atoms with Gasteiger partial charge >= 0.3 is 0 Å². The first kappa shape index (κ1) is 8.49. The molecule has 0 saturated carbocycles. The SMILES string of the molecule is S.Sc1nc2ccccc2[nH]1. The number of benzene rings is 1. The van der Waals surface area contributed by atoms with Gasteiger partial charge in [0.15, 0.2) is 5.16 Å². The van der Waals surface area contributed by atoms with Crippen LogP contribution in [0.3, 0.4) is 0 Å². The minimum atomic E-state index is 0. The zero-order valence-corrected chi connectivity index (χ0v) is 7.60. The average molecular weight is 184 g/mol. The van der Waals surface area contributed by atoms with Gasteiger partial charge in [0.25, 0.3) is 0 Å². The minimum absolute atomic E-state index is 0. The largest absolute Gasteiger partial charge is 0.333 e. The number of nitrogens with zero attached hydrogens (tertiary/aromatic N) is 1. The van der Waals surface area contributed by atoms with E-state index in [0.29, 0.717) is 5.16 Å². The number of fused-ring (bicyclic) bond motifs is 1. The number of thiol groups is 1. The molecule has 0 saturated heterocycles. The molecular formula is C7H8N2S2. The predicted molar refractivity (Wildman–Crippen MR) is 53.7 cm³/mol. The van der Waals surface area contributed by atoms with Gasteiger partial charge < -0.3 is 4.98 Å². The molecule has 58 valence electrons. The lowest BCUT2D eigenvalue weighted by molar-refractivity contribution is 1.09. The van der Waals surface area contributed by atoms with Crippen LogP contribution in [0.5, 0.6) is 0 Å². The second-order valence-electron chi connectivity index (χ2n) is 2.08. The number of hydrogen-bond donors (Lipinski definition) is 2. The fraction of sp³-hybridized carbons (Fsp3) is 0. The molecule has 2 nitrogen and oxygen atoms in total. The molecule has 0 atom stereocenters. The van der Waals surface area contributed by atoms with E-state index in [-0.39, 0.29) is 13.5 Å². The summed E-state index contributed by atoms with van der Waals surface area (Å²) in [6, 6.07) is 7.84. The maximum Gasteiger partial charge on any atom is 0.163 e. The first-order valence-corrected chi connectivity index (χ1v) is 3.45. The summed E-state index contributed by atoms with van der Waals surface area (Å²) in [4.78, 5) is 7.13. The van der Waals surface area contributed by atoms with E-state index in [0.717, 1.165) is 11.0 Å². The van der Waals surface area contributed by atoms with Crippen molar-refractivity contribution in [3.05, 3.63) is 24.3 Å². The third kappa shape index (κ3) is 1.52. The van der Waals surface area contributed by atoms with Crippen molar-refractivity contribution < 1.29 is 0 Å². The summed E-state index contributed by atoms with van der Waals surface area (Å²) in [5.74, 6) is 0. The first-order chi connectivity index (χ1) is 4.86. The number of aromatic nitrogens is 2. The minimum Gasteiger partial charge on any atom is -0.333 e. The second-order valence-corrected chi connectivity index (χ2v) is 2.50. The van der Waals surface area contributed by atoms with E-state index in [2.05, 4.69) is 22.6 Å². The Morgan fingerprint density at radius 2 is 2.00 bits per heavy atom. The monoisotopic (exact) mass is 184 g/mol. The number of H-pyrrole nitrogens is 1. The van der Waals surface area contributed by atoms with Crippen molar-refractivity contribution in [1.29, 1.82) is 0 Å². The van der Waals surface area contributed by atoms with E-state index in [1.54, 1.807) is 0 Å². The van der Waals surface area contributed by atoms with E-state index < -0.39 is 0 Å². The lowest BCUT2D eigenvalue weighted by Crippen LogP contribution is -1.63. The molecule has 1 N–H and O–H groups in total. The van der Waals surface area contributed by atoms with Crippen LogP contribution in [0.15, 0.2) is 29.4 Å². The van der Waals surface area contributed by atoms with Gasteiger partial charge in [0, 0.05) is 0 Å². The number of nitrogens with one attached hydrogen (secondary N) is 1. The molecule has 11 heavy (non-hydrogen) atoms. The average Bonchev–Trinajstić information content (AvgIpc) is 2.27. The van der Waals surface area contributed by atoms with Crippen molar-refractivity contribution >= 4 is 37.2 Å². The van der Waals surface area contributed by atoms with E-state index in [1.807, 2.05) is 24.3 Å². The molecular weight excluding hydrogens is 176 g/mol. The molecule has 0 fully saturated rings. The highest BCUT2D eigenvalue weighted by Gasteiger charge is 1.94. The Kier molecular flexibility index (Phi) is 2.46. The Labute approximate surface area is 76.9 Å². The van der Waals surface area contributed by atoms with Crippen molar-refractivity contribution in [2.24, 2.45) is 0 Å². The Morgan fingerprint density at radius 3 is 2.73 bits per heavy atom. The number of para-hydroxylation sites is 2. The van der Waals surface area contributed by atoms with E-state index >= 15 is 0 Å². The van der Waals surface area contributed by atoms with E-state index in [1.165, 1.54) is 0 Å². The highest BCUT2D eigenvalue weighted by Crippen LogP contribution is 2.11. The normalized spacial score (nSPS) is 9.55. The summed E-state index contributed by atoms with van der Waals surface area (Å²) in [7, 11) is 0. The van der Waals surface area contributed by atoms with Crippen LogP contribution in [0.25, 0.3) is 11.0 Å². The van der Waals surface area contributed by atoms with Gasteiger partial charge in [0.05, 0.1) is 11.0 Å². The summed E-state index contributed by atoms with van der Waals surface area (Å²) in [6.45, 7) is 0. The van der Waals surface area contributed by atoms with Crippen molar-refractivity contribution in [3.8, 4) is 0 Å². The Bertz CT molecular complexity index is 323. The summed E-state index contributed by atoms with van der Waals surface area (Å²) in [5, 5.41) is 0.668. The van der Waals surface area contributed by atoms with Crippen LogP contribution in [-0.2, 0) is 0 Å². The highest BCUT2D eigenvalue weighted by molar-refractivity contribution is 7.80. The fourth-order valence-electron chi connectivity index (χ4n) is 0.939. The van der Waals surface area contributed by atoms with Gasteiger partial charge in [0.1, 0.15) is 0 Å². The molecule has 1 aromatic heterocycles. The topological polar surface area (TPSA) is 28.7 Å². The van der Waals surface area contributed by atoms with Crippen LogP contribution in [0.4, 0.5) is 0 Å². The third-order valence-electron chi connectivity index (χ3n) is 1.38. The maximum absolute atomic E-state index is 4.12. The molecule has 2 rings (SSSR count). The summed E-state index contributed by atoms with van der Waals surface area (Å²) >= 11 is 4.08. The number of aromatic amines is 1. The van der Waals surface area contributed by atoms with Gasteiger partial charge in [-0.05, 0) is 12.1 Å². The van der Waals surface area contributed by atoms with Gasteiger partial charge in [0.2, 0.25) is 0 Å². The van der Waals surface area contributed by atoms with Gasteiger partial charge in [-0.15, -0.1) is 12.6 Å². The van der Waals surface area contributed by atoms with Crippen molar-refractivity contribution in [3.63, 3.8) is 0 Å². The number of hydrogen-bond acceptors (Lipinski definition) is 2. The van der Waals surface area contributed by atoms with Gasteiger partial charge in [-0.1, -0.05) is 12.1 Å². The van der Waals surface area contributed by atoms with Crippen molar-refractivity contribution in [1.82, 2.24) is 9.97 Å². The standard InChI is InChI=1S/C7H6N2S.H2S/c10-7-8-5-3-1-2-4-6(5)9-7;/h1-4H,(H2,8,9,10);1H2. The Balaban J connectivity index is 0.000000605. The molecule has 1 heterocycles. The lowest BCUT2D eigenvalue weighted by atomic mass is 10.3. The molecule has 0 bridgehead atoms. The fourth-order valence-corrected chi connectivity index (χ4v) is 1.17. The number of rotatable bonds is 0. The Morgan fingerprint density at radius 1 is 1.27 bits per heavy atom. The molecule has 0 aliphatic carbocycles. The van der Waals surface area contributed by atoms with Crippen LogP contribution >= 0.6 is 26.1 Å². The van der Waals surface area contributed by atoms with Gasteiger partial charge in [-0.2, -0.15) is 13.5 Å². The number of imidazole rings is 1. The summed E-state index contributed by atoms with van der Waals surface area (Å²) in [5.41, 5.74) is 2.00. The van der Waals surface area contributed by atoms with Gasteiger partial charge in [-0.3, -0.25) is 0 Å². The maximum atomic E-state index is 4.12. The second kappa shape index (κ2) is 3.19. The van der Waals surface area contributed by atoms with Crippen LogP contribution in [-0.4, -0.2) is 9.97 Å². The molecule has 0 aliphatic heterocycles. The molecule has 0 radical (unpaired) electrons. The van der Waals surface area contributed by atoms with E-state index in [9.17, 15) is 0 Å². The summed E-state index contributed by atoms with van der Waals surface area (Å²) < 4.78 is 0. The molecule has 0 spiro atoms. The molecule has 4 heteroatoms. The van der Waals surface area contributed by atoms with Crippen LogP contribution in [0.1, 0.15) is 0 Å². The van der Waals surface area contributed by atoms with Crippen LogP contribution in [0, 0.1) is 0 Å². The Hall–Kier alpha value is -0.610. The summed E-state index contributed by atoms with van der Waals surface area (Å²) in [6.07, 6.45) is 0. The van der Waals surface area contributed by atoms with Crippen molar-refractivity contribution in [2.75, 3.05) is 0 Å². The first-order valence-electron chi connectivity index (χ1n) is 3.00. The molecule has 0 amide bonds. The quantitative estimate of drug-likeness (QED) is 0.602. The molecule has 1 aromatic carbocycles. The molecule has 0 unspecified atom stereocenters. The van der Waals surface area contributed by atoms with E-state index in [4.69, 9.17) is 0 Å². The molecule has 0 aliphatic rings. The third-order valence-corrected chi connectivity index (χ3v) is 1.59. The van der Waals surface area contributed by atoms with Gasteiger partial charge in [-0.25, -0.2) is 4.98 Å². The lowest BCUT2D eigenvalue weighted by Gasteiger charge is -1.81. The van der Waals surface area contributed by atoms with Crippen LogP contribution < -0.4 is 0 Å². The van der Waals surface area contributed by atoms with Crippen LogP contribution in [0.2, 0.25) is 0 Å². The van der Waals surface area contributed by atoms with Crippen molar-refractivity contribution in [2.45, 2.75) is 5.16 Å². The smallest absolute Gasteiger partial charge is 0.163 e. The zero-order chi connectivity index (χ0) is 6.97. The predicted octanol–water partition coefficient (Wildman–Crippen LogP) is 1.96. The molecule has 2 aromatic rings.